The Bertz CT molecular complexity index is 422. The normalized spacial score (nSPS) is 12.6. The van der Waals surface area contributed by atoms with Gasteiger partial charge in [-0.1, -0.05) is 6.07 Å². The van der Waals surface area contributed by atoms with Gasteiger partial charge in [0.15, 0.2) is 5.82 Å². The van der Waals surface area contributed by atoms with E-state index in [4.69, 9.17) is 5.11 Å². The van der Waals surface area contributed by atoms with Crippen molar-refractivity contribution in [3.05, 3.63) is 30.2 Å². The number of likely N-dealkylation sites (N-methyl/N-ethyl adjacent to an activating group) is 1. The van der Waals surface area contributed by atoms with Gasteiger partial charge in [0.1, 0.15) is 6.33 Å². The molecule has 0 bridgehead atoms. The molecule has 0 saturated heterocycles. The average molecular weight is 220 g/mol. The van der Waals surface area contributed by atoms with E-state index in [-0.39, 0.29) is 12.6 Å². The molecule has 0 amide bonds. The standard InChI is InChI=1S/C9H12N6O/c1-10-8(5-16)7-2-3-9(11-4-7)15-6-12-13-14-15/h2-4,6,8,10,16H,5H2,1H3. The quantitative estimate of drug-likeness (QED) is 0.709. The van der Waals surface area contributed by atoms with Gasteiger partial charge >= 0.3 is 0 Å². The number of tetrazole rings is 1. The number of aliphatic hydroxyl groups is 1. The number of aliphatic hydroxyl groups excluding tert-OH is 1. The van der Waals surface area contributed by atoms with Crippen LogP contribution in [-0.4, -0.2) is 44.0 Å². The van der Waals surface area contributed by atoms with Crippen LogP contribution >= 0.6 is 0 Å². The van der Waals surface area contributed by atoms with Crippen molar-refractivity contribution >= 4 is 0 Å². The van der Waals surface area contributed by atoms with Crippen LogP contribution in [0.25, 0.3) is 5.82 Å². The van der Waals surface area contributed by atoms with Crippen molar-refractivity contribution in [2.45, 2.75) is 6.04 Å². The highest BCUT2D eigenvalue weighted by molar-refractivity contribution is 5.25. The Morgan fingerprint density at radius 2 is 2.38 bits per heavy atom. The summed E-state index contributed by atoms with van der Waals surface area (Å²) in [6.07, 6.45) is 3.16. The molecular formula is C9H12N6O. The average Bonchev–Trinajstić information content (AvgIpc) is 2.85. The second-order valence-corrected chi connectivity index (χ2v) is 3.23. The van der Waals surface area contributed by atoms with E-state index < -0.39 is 0 Å². The lowest BCUT2D eigenvalue weighted by Crippen LogP contribution is -2.20. The molecule has 7 nitrogen and oxygen atoms in total. The molecule has 2 aromatic rings. The maximum Gasteiger partial charge on any atom is 0.156 e. The van der Waals surface area contributed by atoms with Crippen LogP contribution in [0, 0.1) is 0 Å². The molecule has 2 aromatic heterocycles. The largest absolute Gasteiger partial charge is 0.394 e. The molecule has 2 N–H and O–H groups in total. The van der Waals surface area contributed by atoms with Gasteiger partial charge < -0.3 is 10.4 Å². The van der Waals surface area contributed by atoms with Gasteiger partial charge in [-0.05, 0) is 29.1 Å². The zero-order valence-electron chi connectivity index (χ0n) is 8.78. The van der Waals surface area contributed by atoms with Gasteiger partial charge in [-0.3, -0.25) is 0 Å². The summed E-state index contributed by atoms with van der Waals surface area (Å²) in [5.41, 5.74) is 0.918. The number of pyridine rings is 1. The molecule has 0 spiro atoms. The highest BCUT2D eigenvalue weighted by atomic mass is 16.3. The van der Waals surface area contributed by atoms with E-state index in [2.05, 4.69) is 25.8 Å². The smallest absolute Gasteiger partial charge is 0.156 e. The predicted molar refractivity (Wildman–Crippen MR) is 55.8 cm³/mol. The highest BCUT2D eigenvalue weighted by Gasteiger charge is 2.08. The Morgan fingerprint density at radius 1 is 1.50 bits per heavy atom. The van der Waals surface area contributed by atoms with Crippen LogP contribution in [0.1, 0.15) is 11.6 Å². The van der Waals surface area contributed by atoms with Gasteiger partial charge in [0, 0.05) is 6.20 Å². The first-order valence-electron chi connectivity index (χ1n) is 4.82. The minimum Gasteiger partial charge on any atom is -0.394 e. The summed E-state index contributed by atoms with van der Waals surface area (Å²) in [6, 6.07) is 3.57. The fourth-order valence-corrected chi connectivity index (χ4v) is 1.37. The molecule has 0 fully saturated rings. The van der Waals surface area contributed by atoms with Crippen molar-refractivity contribution in [2.75, 3.05) is 13.7 Å². The Morgan fingerprint density at radius 3 is 2.88 bits per heavy atom. The number of nitrogens with zero attached hydrogens (tertiary/aromatic N) is 5. The second kappa shape index (κ2) is 4.77. The summed E-state index contributed by atoms with van der Waals surface area (Å²) in [6.45, 7) is 0.0302. The Labute approximate surface area is 92.1 Å². The maximum atomic E-state index is 9.10. The summed E-state index contributed by atoms with van der Waals surface area (Å²) < 4.78 is 1.47. The van der Waals surface area contributed by atoms with E-state index in [0.717, 1.165) is 5.56 Å². The Kier molecular flexibility index (Phi) is 3.18. The van der Waals surface area contributed by atoms with Crippen LogP contribution in [0.2, 0.25) is 0 Å². The minimum absolute atomic E-state index is 0.0302. The molecule has 1 atom stereocenters. The zero-order valence-corrected chi connectivity index (χ0v) is 8.78. The van der Waals surface area contributed by atoms with E-state index >= 15 is 0 Å². The number of hydrogen-bond acceptors (Lipinski definition) is 6. The topological polar surface area (TPSA) is 88.8 Å². The monoisotopic (exact) mass is 220 g/mol. The fourth-order valence-electron chi connectivity index (χ4n) is 1.37. The molecule has 2 heterocycles. The van der Waals surface area contributed by atoms with Gasteiger partial charge in [0.05, 0.1) is 12.6 Å². The van der Waals surface area contributed by atoms with E-state index in [1.165, 1.54) is 11.0 Å². The molecule has 0 aliphatic heterocycles. The summed E-state index contributed by atoms with van der Waals surface area (Å²) in [7, 11) is 1.79. The molecule has 1 unspecified atom stereocenters. The third-order valence-corrected chi connectivity index (χ3v) is 2.29. The third kappa shape index (κ3) is 2.05. The molecule has 7 heteroatoms. The maximum absolute atomic E-state index is 9.10. The fraction of sp³-hybridized carbons (Fsp3) is 0.333. The van der Waals surface area contributed by atoms with Gasteiger partial charge in [-0.15, -0.1) is 5.10 Å². The van der Waals surface area contributed by atoms with Crippen LogP contribution in [0.3, 0.4) is 0 Å². The van der Waals surface area contributed by atoms with Crippen LogP contribution in [-0.2, 0) is 0 Å². The van der Waals surface area contributed by atoms with Crippen LogP contribution < -0.4 is 5.32 Å². The van der Waals surface area contributed by atoms with Crippen LogP contribution in [0.4, 0.5) is 0 Å². The van der Waals surface area contributed by atoms with Crippen molar-refractivity contribution in [3.63, 3.8) is 0 Å². The lowest BCUT2D eigenvalue weighted by molar-refractivity contribution is 0.250. The molecule has 0 aliphatic carbocycles. The van der Waals surface area contributed by atoms with E-state index in [1.54, 1.807) is 19.3 Å². The first-order chi connectivity index (χ1) is 7.85. The molecule has 0 radical (unpaired) electrons. The van der Waals surface area contributed by atoms with Gasteiger partial charge in [-0.2, -0.15) is 4.68 Å². The lowest BCUT2D eigenvalue weighted by Gasteiger charge is -2.12. The van der Waals surface area contributed by atoms with Crippen molar-refractivity contribution in [1.29, 1.82) is 0 Å². The molecule has 0 saturated carbocycles. The second-order valence-electron chi connectivity index (χ2n) is 3.23. The van der Waals surface area contributed by atoms with Crippen LogP contribution in [0.15, 0.2) is 24.7 Å². The summed E-state index contributed by atoms with van der Waals surface area (Å²) >= 11 is 0. The van der Waals surface area contributed by atoms with Crippen LogP contribution in [0.5, 0.6) is 0 Å². The number of aromatic nitrogens is 5. The highest BCUT2D eigenvalue weighted by Crippen LogP contribution is 2.11. The van der Waals surface area contributed by atoms with Crippen molar-refractivity contribution < 1.29 is 5.11 Å². The van der Waals surface area contributed by atoms with Crippen molar-refractivity contribution in [2.24, 2.45) is 0 Å². The third-order valence-electron chi connectivity index (χ3n) is 2.29. The van der Waals surface area contributed by atoms with Crippen molar-refractivity contribution in [3.8, 4) is 5.82 Å². The van der Waals surface area contributed by atoms with Gasteiger partial charge in [0.25, 0.3) is 0 Å². The molecule has 2 rings (SSSR count). The SMILES string of the molecule is CNC(CO)c1ccc(-n2cnnn2)nc1. The number of nitrogens with one attached hydrogen (secondary N) is 1. The molecule has 84 valence electrons. The molecular weight excluding hydrogens is 208 g/mol. The first kappa shape index (κ1) is 10.7. The number of hydrogen-bond donors (Lipinski definition) is 2. The molecule has 0 aromatic carbocycles. The lowest BCUT2D eigenvalue weighted by atomic mass is 10.1. The van der Waals surface area contributed by atoms with Crippen molar-refractivity contribution in [1.82, 2.24) is 30.5 Å². The zero-order chi connectivity index (χ0) is 11.4. The number of rotatable bonds is 4. The molecule has 16 heavy (non-hydrogen) atoms. The Hall–Kier alpha value is -1.86. The predicted octanol–water partition coefficient (Wildman–Crippen LogP) is -0.690. The summed E-state index contributed by atoms with van der Waals surface area (Å²) in [4.78, 5) is 4.21. The van der Waals surface area contributed by atoms with E-state index in [0.29, 0.717) is 5.82 Å². The van der Waals surface area contributed by atoms with Gasteiger partial charge in [-0.25, -0.2) is 4.98 Å². The summed E-state index contributed by atoms with van der Waals surface area (Å²) in [5, 5.41) is 22.9. The van der Waals surface area contributed by atoms with E-state index in [1.807, 2.05) is 6.07 Å². The molecule has 0 aliphatic rings. The Balaban J connectivity index is 2.22. The minimum atomic E-state index is -0.101. The summed E-state index contributed by atoms with van der Waals surface area (Å²) in [5.74, 6) is 0.640. The first-order valence-corrected chi connectivity index (χ1v) is 4.82. The van der Waals surface area contributed by atoms with Gasteiger partial charge in [0.2, 0.25) is 0 Å². The van der Waals surface area contributed by atoms with E-state index in [9.17, 15) is 0 Å².